The second-order valence-electron chi connectivity index (χ2n) is 3.15. The average molecular weight is 310 g/mol. The molecular weight excluding hydrogens is 302 g/mol. The van der Waals surface area contributed by atoms with Gasteiger partial charge in [-0.2, -0.15) is 4.98 Å². The van der Waals surface area contributed by atoms with E-state index in [4.69, 9.17) is 22.7 Å². The Morgan fingerprint density at radius 3 is 2.88 bits per heavy atom. The standard InChI is InChI=1S/C11H8BrN3OS/c12-7-2-1-3-8(6-7)16-11-14-5-4-9(15-11)10(13)17/h1-6H,(H2,13,17). The number of nitrogens with zero attached hydrogens (tertiary/aromatic N) is 2. The fourth-order valence-corrected chi connectivity index (χ4v) is 1.66. The predicted molar refractivity (Wildman–Crippen MR) is 72.1 cm³/mol. The molecule has 0 bridgehead atoms. The SMILES string of the molecule is NC(=S)c1ccnc(Oc2cccc(Br)c2)n1. The van der Waals surface area contributed by atoms with Crippen molar-refractivity contribution in [2.75, 3.05) is 0 Å². The largest absolute Gasteiger partial charge is 0.424 e. The second-order valence-corrected chi connectivity index (χ2v) is 4.50. The highest BCUT2D eigenvalue weighted by atomic mass is 79.9. The summed E-state index contributed by atoms with van der Waals surface area (Å²) in [6.07, 6.45) is 1.55. The Hall–Kier alpha value is -1.53. The maximum Gasteiger partial charge on any atom is 0.322 e. The van der Waals surface area contributed by atoms with E-state index in [0.717, 1.165) is 4.47 Å². The van der Waals surface area contributed by atoms with Crippen molar-refractivity contribution in [1.29, 1.82) is 0 Å². The van der Waals surface area contributed by atoms with Crippen LogP contribution < -0.4 is 10.5 Å². The minimum atomic E-state index is 0.214. The van der Waals surface area contributed by atoms with Crippen molar-refractivity contribution in [2.24, 2.45) is 5.73 Å². The Bertz CT molecular complexity index is 562. The quantitative estimate of drug-likeness (QED) is 0.883. The van der Waals surface area contributed by atoms with Crippen LogP contribution in [0.15, 0.2) is 41.0 Å². The number of aromatic nitrogens is 2. The maximum atomic E-state index is 5.48. The fourth-order valence-electron chi connectivity index (χ4n) is 1.16. The summed E-state index contributed by atoms with van der Waals surface area (Å²) in [5, 5.41) is 0. The number of rotatable bonds is 3. The van der Waals surface area contributed by atoms with Crippen LogP contribution in [0.25, 0.3) is 0 Å². The van der Waals surface area contributed by atoms with Crippen LogP contribution in [-0.4, -0.2) is 15.0 Å². The van der Waals surface area contributed by atoms with Gasteiger partial charge >= 0.3 is 6.01 Å². The number of ether oxygens (including phenoxy) is 1. The van der Waals surface area contributed by atoms with E-state index in [2.05, 4.69) is 25.9 Å². The van der Waals surface area contributed by atoms with Crippen molar-refractivity contribution in [3.8, 4) is 11.8 Å². The molecule has 6 heteroatoms. The van der Waals surface area contributed by atoms with Gasteiger partial charge in [-0.05, 0) is 24.3 Å². The molecule has 0 saturated carbocycles. The number of benzene rings is 1. The first-order chi connectivity index (χ1) is 8.15. The zero-order valence-electron chi connectivity index (χ0n) is 8.63. The van der Waals surface area contributed by atoms with Gasteiger partial charge in [0.05, 0.1) is 0 Å². The molecule has 86 valence electrons. The first-order valence-corrected chi connectivity index (χ1v) is 5.91. The Kier molecular flexibility index (Phi) is 3.65. The van der Waals surface area contributed by atoms with Crippen LogP contribution in [0.1, 0.15) is 5.69 Å². The van der Waals surface area contributed by atoms with E-state index in [1.165, 1.54) is 0 Å². The summed E-state index contributed by atoms with van der Waals surface area (Å²) >= 11 is 8.18. The molecule has 0 aliphatic heterocycles. The van der Waals surface area contributed by atoms with E-state index in [1.807, 2.05) is 24.3 Å². The molecule has 0 aliphatic carbocycles. The zero-order chi connectivity index (χ0) is 12.3. The van der Waals surface area contributed by atoms with Crippen molar-refractivity contribution in [3.05, 3.63) is 46.7 Å². The maximum absolute atomic E-state index is 5.48. The highest BCUT2D eigenvalue weighted by molar-refractivity contribution is 9.10. The highest BCUT2D eigenvalue weighted by Gasteiger charge is 2.04. The molecule has 0 radical (unpaired) electrons. The Labute approximate surface area is 112 Å². The van der Waals surface area contributed by atoms with Crippen LogP contribution in [0.2, 0.25) is 0 Å². The van der Waals surface area contributed by atoms with Gasteiger partial charge in [0.15, 0.2) is 0 Å². The molecule has 2 aromatic rings. The van der Waals surface area contributed by atoms with Gasteiger partial charge in [-0.25, -0.2) is 4.98 Å². The third kappa shape index (κ3) is 3.21. The molecule has 1 aromatic heterocycles. The smallest absolute Gasteiger partial charge is 0.322 e. The fraction of sp³-hybridized carbons (Fsp3) is 0. The second kappa shape index (κ2) is 5.20. The molecule has 1 aromatic carbocycles. The van der Waals surface area contributed by atoms with Gasteiger partial charge in [0.2, 0.25) is 0 Å². The van der Waals surface area contributed by atoms with Crippen molar-refractivity contribution >= 4 is 33.1 Å². The molecule has 0 aliphatic rings. The lowest BCUT2D eigenvalue weighted by Gasteiger charge is -2.04. The third-order valence-electron chi connectivity index (χ3n) is 1.89. The lowest BCUT2D eigenvalue weighted by molar-refractivity contribution is 0.441. The predicted octanol–water partition coefficient (Wildman–Crippen LogP) is 2.67. The van der Waals surface area contributed by atoms with Crippen molar-refractivity contribution in [1.82, 2.24) is 9.97 Å². The third-order valence-corrected chi connectivity index (χ3v) is 2.59. The Morgan fingerprint density at radius 2 is 2.18 bits per heavy atom. The van der Waals surface area contributed by atoms with E-state index >= 15 is 0 Å². The summed E-state index contributed by atoms with van der Waals surface area (Å²) < 4.78 is 6.40. The molecule has 17 heavy (non-hydrogen) atoms. The first kappa shape index (κ1) is 11.9. The van der Waals surface area contributed by atoms with Gasteiger partial charge in [-0.3, -0.25) is 0 Å². The summed E-state index contributed by atoms with van der Waals surface area (Å²) in [5.74, 6) is 0.638. The molecule has 2 N–H and O–H groups in total. The lowest BCUT2D eigenvalue weighted by Crippen LogP contribution is -2.12. The number of hydrogen-bond donors (Lipinski definition) is 1. The molecule has 0 fully saturated rings. The molecule has 4 nitrogen and oxygen atoms in total. The van der Waals surface area contributed by atoms with E-state index in [-0.39, 0.29) is 11.0 Å². The van der Waals surface area contributed by atoms with E-state index in [9.17, 15) is 0 Å². The van der Waals surface area contributed by atoms with E-state index < -0.39 is 0 Å². The molecule has 1 heterocycles. The first-order valence-electron chi connectivity index (χ1n) is 4.71. The van der Waals surface area contributed by atoms with E-state index in [1.54, 1.807) is 12.3 Å². The number of nitrogens with two attached hydrogens (primary N) is 1. The van der Waals surface area contributed by atoms with Crippen molar-refractivity contribution in [3.63, 3.8) is 0 Å². The van der Waals surface area contributed by atoms with Crippen LogP contribution in [0, 0.1) is 0 Å². The Balaban J connectivity index is 2.24. The van der Waals surface area contributed by atoms with Crippen molar-refractivity contribution in [2.45, 2.75) is 0 Å². The minimum absolute atomic E-state index is 0.214. The average Bonchev–Trinajstić information content (AvgIpc) is 2.29. The van der Waals surface area contributed by atoms with Crippen LogP contribution in [0.5, 0.6) is 11.8 Å². The summed E-state index contributed by atoms with van der Waals surface area (Å²) in [6.45, 7) is 0. The van der Waals surface area contributed by atoms with Gasteiger partial charge in [0.25, 0.3) is 0 Å². The van der Waals surface area contributed by atoms with Gasteiger partial charge in [-0.15, -0.1) is 0 Å². The number of halogens is 1. The molecule has 0 amide bonds. The highest BCUT2D eigenvalue weighted by Crippen LogP contribution is 2.21. The zero-order valence-corrected chi connectivity index (χ0v) is 11.0. The molecule has 0 unspecified atom stereocenters. The molecule has 0 spiro atoms. The summed E-state index contributed by atoms with van der Waals surface area (Å²) in [4.78, 5) is 8.28. The topological polar surface area (TPSA) is 61.0 Å². The normalized spacial score (nSPS) is 9.94. The lowest BCUT2D eigenvalue weighted by atomic mass is 10.3. The van der Waals surface area contributed by atoms with Crippen LogP contribution in [-0.2, 0) is 0 Å². The minimum Gasteiger partial charge on any atom is -0.424 e. The van der Waals surface area contributed by atoms with Gasteiger partial charge < -0.3 is 10.5 Å². The Morgan fingerprint density at radius 1 is 1.35 bits per heavy atom. The summed E-state index contributed by atoms with van der Waals surface area (Å²) in [7, 11) is 0. The van der Waals surface area contributed by atoms with Crippen molar-refractivity contribution < 1.29 is 4.74 Å². The van der Waals surface area contributed by atoms with Gasteiger partial charge in [-0.1, -0.05) is 34.2 Å². The summed E-state index contributed by atoms with van der Waals surface area (Å²) in [6, 6.07) is 9.23. The molecule has 0 saturated heterocycles. The molecule has 2 rings (SSSR count). The number of thiocarbonyl (C=S) groups is 1. The molecule has 0 atom stereocenters. The van der Waals surface area contributed by atoms with Gasteiger partial charge in [0, 0.05) is 10.7 Å². The van der Waals surface area contributed by atoms with E-state index in [0.29, 0.717) is 11.4 Å². The van der Waals surface area contributed by atoms with Gasteiger partial charge in [0.1, 0.15) is 16.4 Å². The monoisotopic (exact) mass is 309 g/mol. The number of hydrogen-bond acceptors (Lipinski definition) is 4. The van der Waals surface area contributed by atoms with Crippen LogP contribution >= 0.6 is 28.1 Å². The molecular formula is C11H8BrN3OS. The van der Waals surface area contributed by atoms with Crippen LogP contribution in [0.4, 0.5) is 0 Å². The summed E-state index contributed by atoms with van der Waals surface area (Å²) in [5.41, 5.74) is 5.96. The van der Waals surface area contributed by atoms with Crippen LogP contribution in [0.3, 0.4) is 0 Å².